The summed E-state index contributed by atoms with van der Waals surface area (Å²) in [5.41, 5.74) is 7.57. The van der Waals surface area contributed by atoms with E-state index in [0.29, 0.717) is 17.2 Å². The van der Waals surface area contributed by atoms with Gasteiger partial charge in [0.2, 0.25) is 0 Å². The van der Waals surface area contributed by atoms with Crippen molar-refractivity contribution >= 4 is 17.2 Å². The Balaban J connectivity index is 1.55. The number of hydrogen-bond acceptors (Lipinski definition) is 5. The number of nitrogens with two attached hydrogens (primary N) is 1. The normalized spacial score (nSPS) is 16.1. The standard InChI is InChI=1S/C17H18N4OS/c18-9-12-1-3-13(4-2-12)10-21-7-5-14(6-8-21)17-20-15(11-23-17)16(19)22/h1-4,11,14H,5-8,10H2,(H2,19,22). The van der Waals surface area contributed by atoms with E-state index in [-0.39, 0.29) is 0 Å². The fourth-order valence-electron chi connectivity index (χ4n) is 2.87. The van der Waals surface area contributed by atoms with Gasteiger partial charge in [0.1, 0.15) is 5.69 Å². The van der Waals surface area contributed by atoms with E-state index in [0.717, 1.165) is 37.5 Å². The highest BCUT2D eigenvalue weighted by atomic mass is 32.1. The summed E-state index contributed by atoms with van der Waals surface area (Å²) in [5, 5.41) is 11.6. The lowest BCUT2D eigenvalue weighted by Gasteiger charge is -2.31. The van der Waals surface area contributed by atoms with Crippen molar-refractivity contribution < 1.29 is 4.79 Å². The largest absolute Gasteiger partial charge is 0.364 e. The van der Waals surface area contributed by atoms with E-state index in [1.807, 2.05) is 24.3 Å². The smallest absolute Gasteiger partial charge is 0.268 e. The molecule has 1 aliphatic rings. The number of carbonyl (C=O) groups excluding carboxylic acids is 1. The number of nitrogens with zero attached hydrogens (tertiary/aromatic N) is 3. The Morgan fingerprint density at radius 2 is 2.04 bits per heavy atom. The van der Waals surface area contributed by atoms with E-state index < -0.39 is 5.91 Å². The quantitative estimate of drug-likeness (QED) is 0.935. The van der Waals surface area contributed by atoms with Crippen LogP contribution in [0.4, 0.5) is 0 Å². The van der Waals surface area contributed by atoms with Crippen LogP contribution in [-0.4, -0.2) is 28.9 Å². The van der Waals surface area contributed by atoms with Crippen LogP contribution in [0, 0.1) is 11.3 Å². The fraction of sp³-hybridized carbons (Fsp3) is 0.353. The molecule has 5 nitrogen and oxygen atoms in total. The molecule has 0 radical (unpaired) electrons. The molecular formula is C17H18N4OS. The van der Waals surface area contributed by atoms with Crippen LogP contribution < -0.4 is 5.73 Å². The van der Waals surface area contributed by atoms with Gasteiger partial charge >= 0.3 is 0 Å². The summed E-state index contributed by atoms with van der Waals surface area (Å²) in [6.45, 7) is 2.93. The van der Waals surface area contributed by atoms with E-state index in [9.17, 15) is 4.79 Å². The third-order valence-corrected chi connectivity index (χ3v) is 5.21. The molecule has 0 aliphatic carbocycles. The lowest BCUT2D eigenvalue weighted by Crippen LogP contribution is -2.32. The molecule has 0 bridgehead atoms. The number of thiazole rings is 1. The molecule has 0 spiro atoms. The number of hydrogen-bond donors (Lipinski definition) is 1. The number of carbonyl (C=O) groups is 1. The van der Waals surface area contributed by atoms with Crippen LogP contribution in [0.3, 0.4) is 0 Å². The van der Waals surface area contributed by atoms with Gasteiger partial charge in [0, 0.05) is 17.8 Å². The van der Waals surface area contributed by atoms with E-state index in [4.69, 9.17) is 11.0 Å². The Bertz CT molecular complexity index is 724. The zero-order valence-electron chi connectivity index (χ0n) is 12.7. The van der Waals surface area contributed by atoms with E-state index in [2.05, 4.69) is 16.0 Å². The van der Waals surface area contributed by atoms with Crippen LogP contribution in [0.15, 0.2) is 29.6 Å². The second-order valence-corrected chi connectivity index (χ2v) is 6.68. The van der Waals surface area contributed by atoms with Crippen molar-refractivity contribution in [3.63, 3.8) is 0 Å². The first kappa shape index (κ1) is 15.7. The summed E-state index contributed by atoms with van der Waals surface area (Å²) in [6.07, 6.45) is 2.09. The second-order valence-electron chi connectivity index (χ2n) is 5.79. The number of aromatic nitrogens is 1. The highest BCUT2D eigenvalue weighted by Gasteiger charge is 2.23. The van der Waals surface area contributed by atoms with Crippen molar-refractivity contribution in [2.45, 2.75) is 25.3 Å². The Kier molecular flexibility index (Phi) is 4.70. The molecule has 2 N–H and O–H groups in total. The Morgan fingerprint density at radius 3 is 2.61 bits per heavy atom. The number of nitriles is 1. The summed E-state index contributed by atoms with van der Waals surface area (Å²) in [4.78, 5) is 17.9. The summed E-state index contributed by atoms with van der Waals surface area (Å²) in [7, 11) is 0. The molecule has 2 aromatic rings. The number of likely N-dealkylation sites (tertiary alicyclic amines) is 1. The minimum atomic E-state index is -0.453. The van der Waals surface area contributed by atoms with Gasteiger partial charge in [-0.25, -0.2) is 4.98 Å². The maximum absolute atomic E-state index is 11.1. The Labute approximate surface area is 139 Å². The summed E-state index contributed by atoms with van der Waals surface area (Å²) < 4.78 is 0. The number of rotatable bonds is 4. The average molecular weight is 326 g/mol. The van der Waals surface area contributed by atoms with Crippen LogP contribution in [0.5, 0.6) is 0 Å². The van der Waals surface area contributed by atoms with Crippen LogP contribution in [0.25, 0.3) is 0 Å². The lowest BCUT2D eigenvalue weighted by atomic mass is 9.97. The SMILES string of the molecule is N#Cc1ccc(CN2CCC(c3nc(C(N)=O)cs3)CC2)cc1. The van der Waals surface area contributed by atoms with Gasteiger partial charge in [-0.1, -0.05) is 12.1 Å². The molecule has 118 valence electrons. The summed E-state index contributed by atoms with van der Waals surface area (Å²) >= 11 is 1.53. The van der Waals surface area contributed by atoms with Crippen molar-refractivity contribution in [3.8, 4) is 6.07 Å². The second kappa shape index (κ2) is 6.90. The first-order valence-electron chi connectivity index (χ1n) is 7.62. The number of benzene rings is 1. The van der Waals surface area contributed by atoms with Crippen molar-refractivity contribution in [3.05, 3.63) is 51.5 Å². The van der Waals surface area contributed by atoms with Gasteiger partial charge < -0.3 is 5.73 Å². The van der Waals surface area contributed by atoms with Gasteiger partial charge in [-0.15, -0.1) is 11.3 Å². The van der Waals surface area contributed by atoms with Gasteiger partial charge in [0.15, 0.2) is 0 Å². The third-order valence-electron chi connectivity index (χ3n) is 4.20. The molecule has 2 heterocycles. The first-order chi connectivity index (χ1) is 11.2. The molecule has 6 heteroatoms. The number of amides is 1. The van der Waals surface area contributed by atoms with Crippen molar-refractivity contribution in [1.82, 2.24) is 9.88 Å². The average Bonchev–Trinajstić information content (AvgIpc) is 3.07. The molecular weight excluding hydrogens is 308 g/mol. The maximum atomic E-state index is 11.1. The van der Waals surface area contributed by atoms with Gasteiger partial charge in [0.05, 0.1) is 16.6 Å². The maximum Gasteiger partial charge on any atom is 0.268 e. The monoisotopic (exact) mass is 326 g/mol. The molecule has 0 saturated carbocycles. The number of piperidine rings is 1. The molecule has 1 aliphatic heterocycles. The highest BCUT2D eigenvalue weighted by molar-refractivity contribution is 7.09. The highest BCUT2D eigenvalue weighted by Crippen LogP contribution is 2.30. The molecule has 1 fully saturated rings. The van der Waals surface area contributed by atoms with Gasteiger partial charge in [-0.3, -0.25) is 9.69 Å². The minimum absolute atomic E-state index is 0.380. The zero-order valence-corrected chi connectivity index (χ0v) is 13.6. The third kappa shape index (κ3) is 3.76. The Hall–Kier alpha value is -2.23. The van der Waals surface area contributed by atoms with Gasteiger partial charge in [-0.05, 0) is 43.6 Å². The zero-order chi connectivity index (χ0) is 16.2. The predicted octanol–water partition coefficient (Wildman–Crippen LogP) is 2.49. The van der Waals surface area contributed by atoms with Gasteiger partial charge in [0.25, 0.3) is 5.91 Å². The van der Waals surface area contributed by atoms with E-state index in [1.165, 1.54) is 16.9 Å². The number of primary amides is 1. The molecule has 3 rings (SSSR count). The molecule has 1 saturated heterocycles. The van der Waals surface area contributed by atoms with Crippen LogP contribution in [-0.2, 0) is 6.54 Å². The molecule has 0 unspecified atom stereocenters. The molecule has 1 aromatic heterocycles. The minimum Gasteiger partial charge on any atom is -0.364 e. The van der Waals surface area contributed by atoms with Crippen molar-refractivity contribution in [1.29, 1.82) is 5.26 Å². The topological polar surface area (TPSA) is 83.0 Å². The summed E-state index contributed by atoms with van der Waals surface area (Å²) in [5.74, 6) is -0.0314. The molecule has 23 heavy (non-hydrogen) atoms. The Morgan fingerprint density at radius 1 is 1.35 bits per heavy atom. The van der Waals surface area contributed by atoms with Crippen LogP contribution in [0.1, 0.15) is 45.4 Å². The van der Waals surface area contributed by atoms with Crippen molar-refractivity contribution in [2.75, 3.05) is 13.1 Å². The summed E-state index contributed by atoms with van der Waals surface area (Å²) in [6, 6.07) is 9.90. The van der Waals surface area contributed by atoms with Crippen LogP contribution in [0.2, 0.25) is 0 Å². The fourth-order valence-corrected chi connectivity index (χ4v) is 3.85. The molecule has 0 atom stereocenters. The lowest BCUT2D eigenvalue weighted by molar-refractivity contribution is 0.0996. The van der Waals surface area contributed by atoms with Crippen molar-refractivity contribution in [2.24, 2.45) is 5.73 Å². The van der Waals surface area contributed by atoms with E-state index >= 15 is 0 Å². The molecule has 1 aromatic carbocycles. The molecule has 1 amide bonds. The van der Waals surface area contributed by atoms with Gasteiger partial charge in [-0.2, -0.15) is 5.26 Å². The predicted molar refractivity (Wildman–Crippen MR) is 89.0 cm³/mol. The van der Waals surface area contributed by atoms with E-state index in [1.54, 1.807) is 5.38 Å². The first-order valence-corrected chi connectivity index (χ1v) is 8.50. The van der Waals surface area contributed by atoms with Crippen LogP contribution >= 0.6 is 11.3 Å².